The Morgan fingerprint density at radius 1 is 1.20 bits per heavy atom. The quantitative estimate of drug-likeness (QED) is 0.847. The molecule has 0 aliphatic carbocycles. The Morgan fingerprint density at radius 2 is 2.00 bits per heavy atom. The molecule has 0 amide bonds. The van der Waals surface area contributed by atoms with Crippen molar-refractivity contribution in [2.24, 2.45) is 0 Å². The van der Waals surface area contributed by atoms with Crippen molar-refractivity contribution in [3.05, 3.63) is 11.8 Å². The highest BCUT2D eigenvalue weighted by Crippen LogP contribution is 2.28. The summed E-state index contributed by atoms with van der Waals surface area (Å²) in [5, 5.41) is 8.37. The summed E-state index contributed by atoms with van der Waals surface area (Å²) in [5.74, 6) is 2.36. The third-order valence-corrected chi connectivity index (χ3v) is 4.37. The molecule has 3 heterocycles. The second-order valence-corrected chi connectivity index (χ2v) is 6.34. The van der Waals surface area contributed by atoms with E-state index >= 15 is 0 Å². The summed E-state index contributed by atoms with van der Waals surface area (Å²) in [7, 11) is 0. The summed E-state index contributed by atoms with van der Waals surface area (Å²) in [4.78, 5) is 2.52. The zero-order chi connectivity index (χ0) is 13.9. The van der Waals surface area contributed by atoms with Crippen LogP contribution < -0.4 is 0 Å². The van der Waals surface area contributed by atoms with E-state index in [9.17, 15) is 0 Å². The first-order valence-corrected chi connectivity index (χ1v) is 7.89. The minimum atomic E-state index is 0.316. The standard InChI is InChI=1S/C15H25N3O2/c1-11(2)14-16-17-15(20-14)12-5-7-18(8-6-12)10-13-4-3-9-19-13/h11-13H,3-10H2,1-2H3. The van der Waals surface area contributed by atoms with Crippen LogP contribution in [-0.2, 0) is 4.74 Å². The number of ether oxygens (including phenoxy) is 1. The van der Waals surface area contributed by atoms with Crippen LogP contribution in [0.15, 0.2) is 4.42 Å². The average Bonchev–Trinajstić information content (AvgIpc) is 3.10. The van der Waals surface area contributed by atoms with Gasteiger partial charge in [0.25, 0.3) is 0 Å². The predicted octanol–water partition coefficient (Wildman–Crippen LogP) is 2.55. The molecule has 112 valence electrons. The third-order valence-electron chi connectivity index (χ3n) is 4.37. The Labute approximate surface area is 120 Å². The summed E-state index contributed by atoms with van der Waals surface area (Å²) in [6.07, 6.45) is 5.14. The molecule has 2 aliphatic rings. The summed E-state index contributed by atoms with van der Waals surface area (Å²) in [6, 6.07) is 0. The van der Waals surface area contributed by atoms with Crippen LogP contribution in [0.1, 0.15) is 63.1 Å². The monoisotopic (exact) mass is 279 g/mol. The fourth-order valence-electron chi connectivity index (χ4n) is 3.08. The molecule has 0 bridgehead atoms. The highest BCUT2D eigenvalue weighted by molar-refractivity contribution is 4.96. The van der Waals surface area contributed by atoms with Crippen molar-refractivity contribution < 1.29 is 9.15 Å². The molecule has 3 rings (SSSR count). The molecule has 2 saturated heterocycles. The van der Waals surface area contributed by atoms with Gasteiger partial charge in [-0.3, -0.25) is 0 Å². The van der Waals surface area contributed by atoms with Crippen molar-refractivity contribution in [1.82, 2.24) is 15.1 Å². The topological polar surface area (TPSA) is 51.4 Å². The van der Waals surface area contributed by atoms with Gasteiger partial charge >= 0.3 is 0 Å². The zero-order valence-corrected chi connectivity index (χ0v) is 12.5. The average molecular weight is 279 g/mol. The van der Waals surface area contributed by atoms with Crippen molar-refractivity contribution in [2.45, 2.75) is 57.5 Å². The van der Waals surface area contributed by atoms with Crippen LogP contribution in [0.3, 0.4) is 0 Å². The zero-order valence-electron chi connectivity index (χ0n) is 12.5. The molecule has 2 fully saturated rings. The second-order valence-electron chi connectivity index (χ2n) is 6.34. The lowest BCUT2D eigenvalue weighted by Crippen LogP contribution is -2.38. The maximum Gasteiger partial charge on any atom is 0.219 e. The Kier molecular flexibility index (Phi) is 4.36. The minimum absolute atomic E-state index is 0.316. The van der Waals surface area contributed by atoms with Crippen molar-refractivity contribution in [1.29, 1.82) is 0 Å². The highest BCUT2D eigenvalue weighted by Gasteiger charge is 2.27. The van der Waals surface area contributed by atoms with Gasteiger partial charge in [-0.15, -0.1) is 10.2 Å². The Hall–Kier alpha value is -0.940. The molecule has 0 spiro atoms. The number of nitrogens with zero attached hydrogens (tertiary/aromatic N) is 3. The molecule has 0 N–H and O–H groups in total. The van der Waals surface area contributed by atoms with Crippen LogP contribution in [0.25, 0.3) is 0 Å². The fourth-order valence-corrected chi connectivity index (χ4v) is 3.08. The molecule has 0 radical (unpaired) electrons. The van der Waals surface area contributed by atoms with Gasteiger partial charge < -0.3 is 14.1 Å². The Morgan fingerprint density at radius 3 is 2.60 bits per heavy atom. The summed E-state index contributed by atoms with van der Waals surface area (Å²) < 4.78 is 11.5. The molecular formula is C15H25N3O2. The van der Waals surface area contributed by atoms with E-state index in [0.717, 1.165) is 50.9 Å². The van der Waals surface area contributed by atoms with Gasteiger partial charge in [0.1, 0.15) is 0 Å². The smallest absolute Gasteiger partial charge is 0.219 e. The Bertz CT molecular complexity index is 419. The van der Waals surface area contributed by atoms with Gasteiger partial charge in [-0.1, -0.05) is 13.8 Å². The maximum absolute atomic E-state index is 5.79. The van der Waals surface area contributed by atoms with E-state index in [0.29, 0.717) is 17.9 Å². The lowest BCUT2D eigenvalue weighted by Gasteiger charge is -2.31. The molecule has 2 aliphatic heterocycles. The van der Waals surface area contributed by atoms with Gasteiger partial charge in [-0.05, 0) is 38.8 Å². The minimum Gasteiger partial charge on any atom is -0.425 e. The summed E-state index contributed by atoms with van der Waals surface area (Å²) in [6.45, 7) is 8.44. The first-order chi connectivity index (χ1) is 9.72. The molecule has 1 atom stereocenters. The van der Waals surface area contributed by atoms with Crippen molar-refractivity contribution >= 4 is 0 Å². The number of hydrogen-bond acceptors (Lipinski definition) is 5. The van der Waals surface area contributed by atoms with E-state index in [-0.39, 0.29) is 0 Å². The van der Waals surface area contributed by atoms with E-state index in [4.69, 9.17) is 9.15 Å². The van der Waals surface area contributed by atoms with E-state index in [1.54, 1.807) is 0 Å². The first-order valence-electron chi connectivity index (χ1n) is 7.89. The van der Waals surface area contributed by atoms with Crippen molar-refractivity contribution in [3.63, 3.8) is 0 Å². The predicted molar refractivity (Wildman–Crippen MR) is 75.8 cm³/mol. The largest absolute Gasteiger partial charge is 0.425 e. The van der Waals surface area contributed by atoms with Gasteiger partial charge in [0.2, 0.25) is 11.8 Å². The molecule has 5 nitrogen and oxygen atoms in total. The van der Waals surface area contributed by atoms with Gasteiger partial charge in [0, 0.05) is 25.0 Å². The van der Waals surface area contributed by atoms with Gasteiger partial charge in [-0.2, -0.15) is 0 Å². The molecule has 0 aromatic carbocycles. The fraction of sp³-hybridized carbons (Fsp3) is 0.867. The van der Waals surface area contributed by atoms with Gasteiger partial charge in [-0.25, -0.2) is 0 Å². The number of aromatic nitrogens is 2. The maximum atomic E-state index is 5.79. The van der Waals surface area contributed by atoms with Crippen LogP contribution in [0.2, 0.25) is 0 Å². The van der Waals surface area contributed by atoms with Crippen LogP contribution >= 0.6 is 0 Å². The third kappa shape index (κ3) is 3.20. The number of likely N-dealkylation sites (tertiary alicyclic amines) is 1. The molecule has 1 aromatic heterocycles. The number of rotatable bonds is 4. The second kappa shape index (κ2) is 6.22. The molecule has 0 saturated carbocycles. The number of piperidine rings is 1. The van der Waals surface area contributed by atoms with E-state index in [1.165, 1.54) is 12.8 Å². The molecule has 5 heteroatoms. The molecule has 20 heavy (non-hydrogen) atoms. The van der Waals surface area contributed by atoms with E-state index < -0.39 is 0 Å². The lowest BCUT2D eigenvalue weighted by atomic mass is 9.96. The van der Waals surface area contributed by atoms with Gasteiger partial charge in [0.05, 0.1) is 6.10 Å². The first kappa shape index (κ1) is 14.0. The summed E-state index contributed by atoms with van der Waals surface area (Å²) in [5.41, 5.74) is 0. The molecule has 1 unspecified atom stereocenters. The van der Waals surface area contributed by atoms with E-state index in [2.05, 4.69) is 28.9 Å². The summed E-state index contributed by atoms with van der Waals surface area (Å²) >= 11 is 0. The van der Waals surface area contributed by atoms with Crippen LogP contribution in [0.4, 0.5) is 0 Å². The van der Waals surface area contributed by atoms with Crippen LogP contribution in [0, 0.1) is 0 Å². The molecular weight excluding hydrogens is 254 g/mol. The van der Waals surface area contributed by atoms with E-state index in [1.807, 2.05) is 0 Å². The lowest BCUT2D eigenvalue weighted by molar-refractivity contribution is 0.0630. The van der Waals surface area contributed by atoms with Crippen molar-refractivity contribution in [2.75, 3.05) is 26.2 Å². The van der Waals surface area contributed by atoms with Crippen LogP contribution in [0.5, 0.6) is 0 Å². The normalized spacial score (nSPS) is 25.6. The SMILES string of the molecule is CC(C)c1nnc(C2CCN(CC3CCCO3)CC2)o1. The molecule has 1 aromatic rings. The number of hydrogen-bond donors (Lipinski definition) is 0. The Balaban J connectivity index is 1.49. The van der Waals surface area contributed by atoms with Gasteiger partial charge in [0.15, 0.2) is 0 Å². The van der Waals surface area contributed by atoms with Crippen LogP contribution in [-0.4, -0.2) is 47.4 Å². The van der Waals surface area contributed by atoms with Crippen molar-refractivity contribution in [3.8, 4) is 0 Å². The highest BCUT2D eigenvalue weighted by atomic mass is 16.5.